The van der Waals surface area contributed by atoms with Gasteiger partial charge in [-0.25, -0.2) is 4.79 Å². The Morgan fingerprint density at radius 1 is 1.04 bits per heavy atom. The minimum absolute atomic E-state index is 0.0503. The minimum Gasteiger partial charge on any atom is -0.452 e. The zero-order valence-electron chi connectivity index (χ0n) is 13.5. The van der Waals surface area contributed by atoms with Crippen LogP contribution in [0.1, 0.15) is 15.9 Å². The maximum absolute atomic E-state index is 11.8. The molecule has 0 aromatic heterocycles. The van der Waals surface area contributed by atoms with E-state index in [2.05, 4.69) is 5.32 Å². The Bertz CT molecular complexity index is 878. The fourth-order valence-electron chi connectivity index (χ4n) is 2.01. The molecule has 2 rings (SSSR count). The molecule has 10 nitrogen and oxygen atoms in total. The van der Waals surface area contributed by atoms with Crippen molar-refractivity contribution in [3.63, 3.8) is 0 Å². The van der Waals surface area contributed by atoms with Gasteiger partial charge in [-0.15, -0.1) is 0 Å². The Morgan fingerprint density at radius 3 is 2.27 bits per heavy atom. The van der Waals surface area contributed by atoms with Gasteiger partial charge in [0.05, 0.1) is 15.4 Å². The van der Waals surface area contributed by atoms with Gasteiger partial charge >= 0.3 is 5.97 Å². The molecule has 0 heterocycles. The SMILES string of the molecule is Cc1ccc(NC(=O)COC(=O)c2ccc([N+](=O)[O-])cc2)cc1[N+](=O)[O-]. The van der Waals surface area contributed by atoms with Crippen LogP contribution in [0.4, 0.5) is 17.1 Å². The van der Waals surface area contributed by atoms with Crippen LogP contribution in [0, 0.1) is 27.2 Å². The lowest BCUT2D eigenvalue weighted by atomic mass is 10.2. The lowest BCUT2D eigenvalue weighted by Crippen LogP contribution is -2.21. The van der Waals surface area contributed by atoms with E-state index in [9.17, 15) is 29.8 Å². The first-order chi connectivity index (χ1) is 12.3. The third-order valence-electron chi connectivity index (χ3n) is 3.34. The van der Waals surface area contributed by atoms with Gasteiger partial charge in [0.1, 0.15) is 0 Å². The van der Waals surface area contributed by atoms with Gasteiger partial charge in [-0.2, -0.15) is 0 Å². The molecule has 0 saturated carbocycles. The summed E-state index contributed by atoms with van der Waals surface area (Å²) in [6, 6.07) is 8.87. The second-order valence-electron chi connectivity index (χ2n) is 5.19. The predicted molar refractivity (Wildman–Crippen MR) is 89.8 cm³/mol. The van der Waals surface area contributed by atoms with Gasteiger partial charge in [0.15, 0.2) is 6.61 Å². The van der Waals surface area contributed by atoms with Crippen molar-refractivity contribution in [2.45, 2.75) is 6.92 Å². The summed E-state index contributed by atoms with van der Waals surface area (Å²) in [5.41, 5.74) is 0.358. The van der Waals surface area contributed by atoms with Crippen LogP contribution in [0.3, 0.4) is 0 Å². The number of benzene rings is 2. The maximum Gasteiger partial charge on any atom is 0.338 e. The number of non-ortho nitro benzene ring substituents is 1. The number of aryl methyl sites for hydroxylation is 1. The number of amides is 1. The summed E-state index contributed by atoms with van der Waals surface area (Å²) in [4.78, 5) is 43.9. The monoisotopic (exact) mass is 359 g/mol. The number of nitro groups is 2. The van der Waals surface area contributed by atoms with Crippen LogP contribution in [-0.4, -0.2) is 28.3 Å². The van der Waals surface area contributed by atoms with Gasteiger partial charge in [0.25, 0.3) is 17.3 Å². The molecule has 1 N–H and O–H groups in total. The van der Waals surface area contributed by atoms with Crippen molar-refractivity contribution in [3.8, 4) is 0 Å². The number of nitrogens with zero attached hydrogens (tertiary/aromatic N) is 2. The standard InChI is InChI=1S/C16H13N3O7/c1-10-2-5-12(8-14(10)19(24)25)17-15(20)9-26-16(21)11-3-6-13(7-4-11)18(22)23/h2-8H,9H2,1H3,(H,17,20). The molecule has 10 heteroatoms. The third kappa shape index (κ3) is 4.60. The van der Waals surface area contributed by atoms with E-state index < -0.39 is 28.3 Å². The molecule has 0 radical (unpaired) electrons. The van der Waals surface area contributed by atoms with Crippen molar-refractivity contribution in [2.75, 3.05) is 11.9 Å². The highest BCUT2D eigenvalue weighted by atomic mass is 16.6. The van der Waals surface area contributed by atoms with Gasteiger partial charge in [0, 0.05) is 29.4 Å². The van der Waals surface area contributed by atoms with Crippen molar-refractivity contribution in [2.24, 2.45) is 0 Å². The average molecular weight is 359 g/mol. The predicted octanol–water partition coefficient (Wildman–Crippen LogP) is 2.61. The molecule has 0 spiro atoms. The van der Waals surface area contributed by atoms with Crippen molar-refractivity contribution < 1.29 is 24.2 Å². The fraction of sp³-hybridized carbons (Fsp3) is 0.125. The summed E-state index contributed by atoms with van der Waals surface area (Å²) in [5, 5.41) is 23.8. The van der Waals surface area contributed by atoms with E-state index in [1.54, 1.807) is 6.92 Å². The quantitative estimate of drug-likeness (QED) is 0.474. The molecule has 2 aromatic rings. The Hall–Kier alpha value is -3.82. The molecule has 0 atom stereocenters. The Labute approximate surface area is 146 Å². The number of rotatable bonds is 6. The van der Waals surface area contributed by atoms with Crippen molar-refractivity contribution in [1.29, 1.82) is 0 Å². The van der Waals surface area contributed by atoms with E-state index in [-0.39, 0.29) is 22.6 Å². The van der Waals surface area contributed by atoms with Crippen molar-refractivity contribution in [1.82, 2.24) is 0 Å². The van der Waals surface area contributed by atoms with Crippen LogP contribution in [0.2, 0.25) is 0 Å². The molecule has 0 aliphatic rings. The normalized spacial score (nSPS) is 10.0. The van der Waals surface area contributed by atoms with Gasteiger partial charge < -0.3 is 10.1 Å². The molecule has 0 fully saturated rings. The van der Waals surface area contributed by atoms with E-state index >= 15 is 0 Å². The molecule has 2 aromatic carbocycles. The number of hydrogen-bond acceptors (Lipinski definition) is 7. The Balaban J connectivity index is 1.94. The number of ether oxygens (including phenoxy) is 1. The van der Waals surface area contributed by atoms with Gasteiger partial charge in [-0.3, -0.25) is 25.0 Å². The van der Waals surface area contributed by atoms with Crippen molar-refractivity contribution in [3.05, 3.63) is 73.8 Å². The Kier molecular flexibility index (Phi) is 5.58. The summed E-state index contributed by atoms with van der Waals surface area (Å²) in [7, 11) is 0. The number of esters is 1. The van der Waals surface area contributed by atoms with Crippen LogP contribution in [-0.2, 0) is 9.53 Å². The fourth-order valence-corrected chi connectivity index (χ4v) is 2.01. The number of carbonyl (C=O) groups is 2. The second kappa shape index (κ2) is 7.83. The molecular formula is C16H13N3O7. The molecule has 0 saturated heterocycles. The summed E-state index contributed by atoms with van der Waals surface area (Å²) in [6.45, 7) is 0.952. The van der Waals surface area contributed by atoms with Crippen LogP contribution < -0.4 is 5.32 Å². The van der Waals surface area contributed by atoms with Crippen molar-refractivity contribution >= 4 is 28.9 Å². The summed E-state index contributed by atoms with van der Waals surface area (Å²) >= 11 is 0. The zero-order valence-corrected chi connectivity index (χ0v) is 13.5. The summed E-state index contributed by atoms with van der Waals surface area (Å²) < 4.78 is 4.81. The zero-order chi connectivity index (χ0) is 19.3. The second-order valence-corrected chi connectivity index (χ2v) is 5.19. The first-order valence-corrected chi connectivity index (χ1v) is 7.24. The highest BCUT2D eigenvalue weighted by Crippen LogP contribution is 2.22. The topological polar surface area (TPSA) is 142 Å². The molecule has 0 aliphatic heterocycles. The highest BCUT2D eigenvalue weighted by molar-refractivity contribution is 5.95. The molecule has 0 aliphatic carbocycles. The van der Waals surface area contributed by atoms with Crippen LogP contribution in [0.25, 0.3) is 0 Å². The first-order valence-electron chi connectivity index (χ1n) is 7.24. The number of hydrogen-bond donors (Lipinski definition) is 1. The molecule has 1 amide bonds. The van der Waals surface area contributed by atoms with E-state index in [1.807, 2.05) is 0 Å². The average Bonchev–Trinajstić information content (AvgIpc) is 2.61. The lowest BCUT2D eigenvalue weighted by molar-refractivity contribution is -0.385. The molecule has 134 valence electrons. The number of nitro benzene ring substituents is 2. The van der Waals surface area contributed by atoms with Gasteiger partial charge in [-0.05, 0) is 25.1 Å². The van der Waals surface area contributed by atoms with Gasteiger partial charge in [-0.1, -0.05) is 6.07 Å². The van der Waals surface area contributed by atoms with E-state index in [1.165, 1.54) is 30.3 Å². The third-order valence-corrected chi connectivity index (χ3v) is 3.34. The molecular weight excluding hydrogens is 346 g/mol. The van der Waals surface area contributed by atoms with Gasteiger partial charge in [0.2, 0.25) is 0 Å². The first kappa shape index (κ1) is 18.5. The summed E-state index contributed by atoms with van der Waals surface area (Å²) in [5.74, 6) is -1.51. The minimum atomic E-state index is -0.829. The van der Waals surface area contributed by atoms with E-state index in [0.717, 1.165) is 12.1 Å². The molecule has 0 bridgehead atoms. The van der Waals surface area contributed by atoms with E-state index in [0.29, 0.717) is 5.56 Å². The van der Waals surface area contributed by atoms with Crippen LogP contribution >= 0.6 is 0 Å². The highest BCUT2D eigenvalue weighted by Gasteiger charge is 2.15. The Morgan fingerprint density at radius 2 is 1.69 bits per heavy atom. The van der Waals surface area contributed by atoms with Crippen LogP contribution in [0.5, 0.6) is 0 Å². The number of nitrogens with one attached hydrogen (secondary N) is 1. The van der Waals surface area contributed by atoms with E-state index in [4.69, 9.17) is 4.74 Å². The number of carbonyl (C=O) groups excluding carboxylic acids is 2. The lowest BCUT2D eigenvalue weighted by Gasteiger charge is -2.07. The number of anilines is 1. The summed E-state index contributed by atoms with van der Waals surface area (Å²) in [6.07, 6.45) is 0. The maximum atomic E-state index is 11.8. The molecule has 26 heavy (non-hydrogen) atoms. The largest absolute Gasteiger partial charge is 0.452 e. The molecule has 0 unspecified atom stereocenters. The smallest absolute Gasteiger partial charge is 0.338 e. The van der Waals surface area contributed by atoms with Crippen LogP contribution in [0.15, 0.2) is 42.5 Å².